The summed E-state index contributed by atoms with van der Waals surface area (Å²) in [5.74, 6) is -1.10. The van der Waals surface area contributed by atoms with Gasteiger partial charge in [0.15, 0.2) is 6.61 Å². The van der Waals surface area contributed by atoms with Crippen LogP contribution in [0.1, 0.15) is 10.4 Å². The van der Waals surface area contributed by atoms with Crippen LogP contribution in [-0.4, -0.2) is 30.8 Å². The van der Waals surface area contributed by atoms with Gasteiger partial charge in [-0.25, -0.2) is 4.79 Å². The van der Waals surface area contributed by atoms with Gasteiger partial charge in [0.1, 0.15) is 0 Å². The minimum absolute atomic E-state index is 0.00744. The van der Waals surface area contributed by atoms with E-state index >= 15 is 0 Å². The SMILES string of the molecule is O=C(OCC(F)(F)S(=O)(=O)O)c1cccc(I)c1. The molecule has 1 aromatic rings. The summed E-state index contributed by atoms with van der Waals surface area (Å²) < 4.78 is 59.1. The van der Waals surface area contributed by atoms with Gasteiger partial charge in [0, 0.05) is 3.57 Å². The van der Waals surface area contributed by atoms with Crippen LogP contribution in [-0.2, 0) is 14.9 Å². The number of esters is 1. The van der Waals surface area contributed by atoms with Crippen LogP contribution in [0.25, 0.3) is 0 Å². The van der Waals surface area contributed by atoms with E-state index in [2.05, 4.69) is 4.74 Å². The van der Waals surface area contributed by atoms with Crippen molar-refractivity contribution in [2.45, 2.75) is 5.25 Å². The molecule has 1 aromatic carbocycles. The molecule has 0 aliphatic rings. The second kappa shape index (κ2) is 5.45. The standard InChI is InChI=1S/C9H7F2IO5S/c10-9(11,18(14,15)16)5-17-8(13)6-2-1-3-7(12)4-6/h1-4H,5H2,(H,14,15,16). The number of carbonyl (C=O) groups excluding carboxylic acids is 1. The molecule has 18 heavy (non-hydrogen) atoms. The highest BCUT2D eigenvalue weighted by Gasteiger charge is 2.45. The zero-order chi connectivity index (χ0) is 14.0. The predicted molar refractivity (Wildman–Crippen MR) is 65.9 cm³/mol. The van der Waals surface area contributed by atoms with Crippen LogP contribution < -0.4 is 0 Å². The zero-order valence-electron chi connectivity index (χ0n) is 8.64. The number of ether oxygens (including phenoxy) is 1. The van der Waals surface area contributed by atoms with E-state index in [1.165, 1.54) is 18.2 Å². The van der Waals surface area contributed by atoms with Gasteiger partial charge in [-0.2, -0.15) is 17.2 Å². The van der Waals surface area contributed by atoms with Crippen molar-refractivity contribution in [1.82, 2.24) is 0 Å². The average molecular weight is 392 g/mol. The first-order chi connectivity index (χ1) is 8.13. The molecule has 0 aliphatic carbocycles. The number of rotatable bonds is 4. The Morgan fingerprint density at radius 1 is 1.44 bits per heavy atom. The molecule has 5 nitrogen and oxygen atoms in total. The summed E-state index contributed by atoms with van der Waals surface area (Å²) in [7, 11) is -5.60. The quantitative estimate of drug-likeness (QED) is 0.481. The Bertz CT molecular complexity index is 558. The molecule has 1 rings (SSSR count). The molecule has 0 unspecified atom stereocenters. The summed E-state index contributed by atoms with van der Waals surface area (Å²) in [5.41, 5.74) is 0.00744. The molecule has 0 spiro atoms. The van der Waals surface area contributed by atoms with E-state index in [1.807, 2.05) is 22.6 Å². The molecule has 0 fully saturated rings. The van der Waals surface area contributed by atoms with Gasteiger partial charge in [-0.05, 0) is 40.8 Å². The lowest BCUT2D eigenvalue weighted by atomic mass is 10.2. The second-order valence-electron chi connectivity index (χ2n) is 3.20. The molecule has 0 radical (unpaired) electrons. The topological polar surface area (TPSA) is 80.7 Å². The third kappa shape index (κ3) is 3.85. The highest BCUT2D eigenvalue weighted by molar-refractivity contribution is 14.1. The van der Waals surface area contributed by atoms with Crippen molar-refractivity contribution >= 4 is 38.7 Å². The first-order valence-corrected chi connectivity index (χ1v) is 6.93. The maximum absolute atomic E-state index is 12.8. The Hall–Kier alpha value is -0.810. The van der Waals surface area contributed by atoms with Gasteiger partial charge in [0.05, 0.1) is 5.56 Å². The molecule has 0 aliphatic heterocycles. The fourth-order valence-corrected chi connectivity index (χ4v) is 1.67. The van der Waals surface area contributed by atoms with Crippen molar-refractivity contribution in [3.63, 3.8) is 0 Å². The van der Waals surface area contributed by atoms with E-state index in [4.69, 9.17) is 4.55 Å². The van der Waals surface area contributed by atoms with Gasteiger partial charge >= 0.3 is 21.3 Å². The van der Waals surface area contributed by atoms with E-state index in [1.54, 1.807) is 6.07 Å². The summed E-state index contributed by atoms with van der Waals surface area (Å²) in [6.45, 7) is -1.74. The molecular weight excluding hydrogens is 385 g/mol. The molecule has 0 saturated heterocycles. The molecule has 100 valence electrons. The van der Waals surface area contributed by atoms with E-state index in [-0.39, 0.29) is 5.56 Å². The van der Waals surface area contributed by atoms with Crippen molar-refractivity contribution in [3.05, 3.63) is 33.4 Å². The maximum atomic E-state index is 12.8. The fourth-order valence-electron chi connectivity index (χ4n) is 0.923. The molecule has 0 heterocycles. The first-order valence-electron chi connectivity index (χ1n) is 4.41. The summed E-state index contributed by atoms with van der Waals surface area (Å²) >= 11 is 1.90. The van der Waals surface area contributed by atoms with Crippen molar-refractivity contribution in [1.29, 1.82) is 0 Å². The predicted octanol–water partition coefficient (Wildman–Crippen LogP) is 1.93. The lowest BCUT2D eigenvalue weighted by Crippen LogP contribution is -2.34. The zero-order valence-corrected chi connectivity index (χ0v) is 11.6. The third-order valence-electron chi connectivity index (χ3n) is 1.81. The first kappa shape index (κ1) is 15.2. The summed E-state index contributed by atoms with van der Waals surface area (Å²) in [5, 5.41) is -4.52. The number of halogens is 3. The summed E-state index contributed by atoms with van der Waals surface area (Å²) in [6.07, 6.45) is 0. The molecule has 0 aromatic heterocycles. The maximum Gasteiger partial charge on any atom is 0.402 e. The van der Waals surface area contributed by atoms with Crippen molar-refractivity contribution in [2.75, 3.05) is 6.61 Å². The highest BCUT2D eigenvalue weighted by atomic mass is 127. The van der Waals surface area contributed by atoms with Crippen LogP contribution in [0.5, 0.6) is 0 Å². The van der Waals surface area contributed by atoms with Gasteiger partial charge < -0.3 is 4.74 Å². The van der Waals surface area contributed by atoms with Gasteiger partial charge in [-0.15, -0.1) is 0 Å². The van der Waals surface area contributed by atoms with Crippen molar-refractivity contribution in [3.8, 4) is 0 Å². The summed E-state index contributed by atoms with van der Waals surface area (Å²) in [4.78, 5) is 11.3. The van der Waals surface area contributed by atoms with E-state index in [0.29, 0.717) is 3.57 Å². The van der Waals surface area contributed by atoms with Crippen molar-refractivity contribution < 1.29 is 31.3 Å². The Balaban J connectivity index is 2.74. The van der Waals surface area contributed by atoms with Crippen LogP contribution in [0.2, 0.25) is 0 Å². The van der Waals surface area contributed by atoms with Gasteiger partial charge in [-0.3, -0.25) is 4.55 Å². The molecule has 0 atom stereocenters. The monoisotopic (exact) mass is 392 g/mol. The van der Waals surface area contributed by atoms with E-state index in [9.17, 15) is 22.0 Å². The highest BCUT2D eigenvalue weighted by Crippen LogP contribution is 2.21. The number of hydrogen-bond acceptors (Lipinski definition) is 4. The molecule has 0 amide bonds. The number of benzene rings is 1. The lowest BCUT2D eigenvalue weighted by molar-refractivity contribution is -0.00950. The molecule has 0 saturated carbocycles. The van der Waals surface area contributed by atoms with Crippen LogP contribution in [0.4, 0.5) is 8.78 Å². The van der Waals surface area contributed by atoms with Gasteiger partial charge in [0.25, 0.3) is 0 Å². The fraction of sp³-hybridized carbons (Fsp3) is 0.222. The van der Waals surface area contributed by atoms with Gasteiger partial charge in [0.2, 0.25) is 0 Å². The molecule has 0 bridgehead atoms. The Kier molecular flexibility index (Phi) is 4.61. The second-order valence-corrected chi connectivity index (χ2v) is 5.99. The average Bonchev–Trinajstić information content (AvgIpc) is 2.24. The Labute approximate surface area is 115 Å². The van der Waals surface area contributed by atoms with Crippen molar-refractivity contribution in [2.24, 2.45) is 0 Å². The van der Waals surface area contributed by atoms with Crippen LogP contribution in [0, 0.1) is 3.57 Å². The van der Waals surface area contributed by atoms with Crippen LogP contribution in [0.3, 0.4) is 0 Å². The molecule has 9 heteroatoms. The largest absolute Gasteiger partial charge is 0.454 e. The number of hydrogen-bond donors (Lipinski definition) is 1. The Morgan fingerprint density at radius 2 is 2.06 bits per heavy atom. The summed E-state index contributed by atoms with van der Waals surface area (Å²) in [6, 6.07) is 5.90. The lowest BCUT2D eigenvalue weighted by Gasteiger charge is -2.12. The minimum atomic E-state index is -5.60. The minimum Gasteiger partial charge on any atom is -0.454 e. The number of carbonyl (C=O) groups is 1. The third-order valence-corrected chi connectivity index (χ3v) is 3.35. The van der Waals surface area contributed by atoms with E-state index in [0.717, 1.165) is 0 Å². The van der Waals surface area contributed by atoms with Crippen LogP contribution in [0.15, 0.2) is 24.3 Å². The normalized spacial score (nSPS) is 12.2. The smallest absolute Gasteiger partial charge is 0.402 e. The number of alkyl halides is 2. The van der Waals surface area contributed by atoms with Gasteiger partial charge in [-0.1, -0.05) is 6.07 Å². The molecule has 1 N–H and O–H groups in total. The van der Waals surface area contributed by atoms with Crippen LogP contribution >= 0.6 is 22.6 Å². The Morgan fingerprint density at radius 3 is 2.56 bits per heavy atom. The van der Waals surface area contributed by atoms with E-state index < -0.39 is 27.9 Å². The molecular formula is C9H7F2IO5S.